The van der Waals surface area contributed by atoms with Crippen molar-refractivity contribution < 1.29 is 38.1 Å². The maximum Gasteiger partial charge on any atom is 0.303 e. The fourth-order valence-corrected chi connectivity index (χ4v) is 3.30. The summed E-state index contributed by atoms with van der Waals surface area (Å²) in [6.45, 7) is 6.63. The quantitative estimate of drug-likeness (QED) is 0.510. The first-order chi connectivity index (χ1) is 11.1. The normalized spacial score (nSPS) is 34.5. The molecule has 9 nitrogen and oxygen atoms in total. The molecule has 0 aliphatic carbocycles. The van der Waals surface area contributed by atoms with Crippen LogP contribution in [-0.2, 0) is 38.1 Å². The molecule has 0 N–H and O–H groups in total. The molecule has 2 rings (SSSR count). The zero-order chi connectivity index (χ0) is 18.2. The molecular weight excluding hydrogens is 322 g/mol. The number of nitrogens with zero attached hydrogens (tertiary/aromatic N) is 1. The number of likely N-dealkylation sites (tertiary alicyclic amines) is 1. The van der Waals surface area contributed by atoms with Crippen LogP contribution in [0.3, 0.4) is 0 Å². The SMILES string of the molecule is CC(=O)O[C@H]1[C@H](OC(C)=O)[C@H](OC(C)=O)[C@]2(C)O[C@H]1CN2C(C)=O. The molecule has 2 aliphatic rings. The fourth-order valence-electron chi connectivity index (χ4n) is 3.30. The van der Waals surface area contributed by atoms with Crippen LogP contribution < -0.4 is 0 Å². The Morgan fingerprint density at radius 3 is 1.88 bits per heavy atom. The van der Waals surface area contributed by atoms with Crippen molar-refractivity contribution in [3.63, 3.8) is 0 Å². The maximum atomic E-state index is 12.0. The minimum absolute atomic E-state index is 0.124. The van der Waals surface area contributed by atoms with Gasteiger partial charge in [0.1, 0.15) is 6.10 Å². The first-order valence-electron chi connectivity index (χ1n) is 7.54. The zero-order valence-corrected chi connectivity index (χ0v) is 14.2. The Balaban J connectivity index is 2.48. The van der Waals surface area contributed by atoms with E-state index in [2.05, 4.69) is 0 Å². The van der Waals surface area contributed by atoms with E-state index in [1.807, 2.05) is 0 Å². The Kier molecular flexibility index (Phi) is 4.84. The molecule has 0 saturated carbocycles. The number of carbonyl (C=O) groups excluding carboxylic acids is 4. The average Bonchev–Trinajstić information content (AvgIpc) is 2.74. The molecule has 0 aromatic carbocycles. The maximum absolute atomic E-state index is 12.0. The van der Waals surface area contributed by atoms with E-state index in [-0.39, 0.29) is 12.5 Å². The second-order valence-electron chi connectivity index (χ2n) is 6.02. The third-order valence-corrected chi connectivity index (χ3v) is 4.08. The number of fused-ring (bicyclic) bond motifs is 2. The average molecular weight is 343 g/mol. The molecule has 9 heteroatoms. The molecule has 24 heavy (non-hydrogen) atoms. The largest absolute Gasteiger partial charge is 0.456 e. The summed E-state index contributed by atoms with van der Waals surface area (Å²) in [6.07, 6.45) is -3.90. The highest BCUT2D eigenvalue weighted by Gasteiger charge is 2.65. The minimum atomic E-state index is -1.32. The molecule has 5 atom stereocenters. The lowest BCUT2D eigenvalue weighted by molar-refractivity contribution is -0.269. The molecule has 2 aliphatic heterocycles. The van der Waals surface area contributed by atoms with Crippen LogP contribution in [0.1, 0.15) is 34.6 Å². The number of hydrogen-bond acceptors (Lipinski definition) is 8. The second kappa shape index (κ2) is 6.39. The smallest absolute Gasteiger partial charge is 0.303 e. The monoisotopic (exact) mass is 343 g/mol. The van der Waals surface area contributed by atoms with Crippen molar-refractivity contribution in [1.82, 2.24) is 4.90 Å². The number of ether oxygens (including phenoxy) is 4. The van der Waals surface area contributed by atoms with Crippen LogP contribution in [0.25, 0.3) is 0 Å². The van der Waals surface area contributed by atoms with Crippen molar-refractivity contribution in [2.75, 3.05) is 6.54 Å². The van der Waals surface area contributed by atoms with Crippen molar-refractivity contribution in [2.45, 2.75) is 64.8 Å². The molecule has 0 aromatic rings. The van der Waals surface area contributed by atoms with Gasteiger partial charge < -0.3 is 23.8 Å². The summed E-state index contributed by atoms with van der Waals surface area (Å²) >= 11 is 0. The standard InChI is InChI=1S/C15H21NO8/c1-7(17)16-6-11-12(21-8(2)18)13(22-9(3)19)14(23-10(4)20)15(16,5)24-11/h11-14H,6H2,1-5H3/t11-,12+,13-,14-,15-/m0/s1. The van der Waals surface area contributed by atoms with Crippen molar-refractivity contribution in [1.29, 1.82) is 0 Å². The summed E-state index contributed by atoms with van der Waals surface area (Å²) in [7, 11) is 0. The van der Waals surface area contributed by atoms with Crippen molar-refractivity contribution in [2.24, 2.45) is 0 Å². The van der Waals surface area contributed by atoms with Gasteiger partial charge in [0.25, 0.3) is 0 Å². The van der Waals surface area contributed by atoms with Crippen LogP contribution in [0.4, 0.5) is 0 Å². The van der Waals surface area contributed by atoms with E-state index in [0.717, 1.165) is 0 Å². The van der Waals surface area contributed by atoms with Gasteiger partial charge in [0.2, 0.25) is 5.91 Å². The fraction of sp³-hybridized carbons (Fsp3) is 0.733. The number of carbonyl (C=O) groups is 4. The predicted octanol–water partition coefficient (Wildman–Crippen LogP) is -0.241. The van der Waals surface area contributed by atoms with Gasteiger partial charge in [-0.05, 0) is 6.92 Å². The molecule has 0 radical (unpaired) electrons. The molecule has 134 valence electrons. The van der Waals surface area contributed by atoms with Gasteiger partial charge >= 0.3 is 17.9 Å². The summed E-state index contributed by atoms with van der Waals surface area (Å²) in [5.41, 5.74) is -1.32. The van der Waals surface area contributed by atoms with Gasteiger partial charge in [-0.25, -0.2) is 0 Å². The topological polar surface area (TPSA) is 108 Å². The lowest BCUT2D eigenvalue weighted by atomic mass is 9.93. The van der Waals surface area contributed by atoms with Crippen LogP contribution in [0, 0.1) is 0 Å². The first-order valence-corrected chi connectivity index (χ1v) is 7.54. The highest BCUT2D eigenvalue weighted by Crippen LogP contribution is 2.43. The highest BCUT2D eigenvalue weighted by atomic mass is 16.7. The molecule has 2 fully saturated rings. The Bertz CT molecular complexity index is 576. The van der Waals surface area contributed by atoms with E-state index < -0.39 is 48.0 Å². The number of esters is 3. The van der Waals surface area contributed by atoms with Crippen LogP contribution >= 0.6 is 0 Å². The summed E-state index contributed by atoms with van der Waals surface area (Å²) in [6, 6.07) is 0. The number of amides is 1. The van der Waals surface area contributed by atoms with Crippen LogP contribution in [-0.4, -0.2) is 65.4 Å². The highest BCUT2D eigenvalue weighted by molar-refractivity contribution is 5.75. The Morgan fingerprint density at radius 1 is 0.917 bits per heavy atom. The minimum Gasteiger partial charge on any atom is -0.456 e. The Morgan fingerprint density at radius 2 is 1.42 bits per heavy atom. The summed E-state index contributed by atoms with van der Waals surface area (Å²) in [4.78, 5) is 47.8. The van der Waals surface area contributed by atoms with E-state index in [4.69, 9.17) is 18.9 Å². The van der Waals surface area contributed by atoms with Crippen molar-refractivity contribution in [3.8, 4) is 0 Å². The van der Waals surface area contributed by atoms with Gasteiger partial charge in [-0.2, -0.15) is 0 Å². The van der Waals surface area contributed by atoms with Crippen molar-refractivity contribution >= 4 is 23.8 Å². The second-order valence-corrected chi connectivity index (χ2v) is 6.02. The summed E-state index contributed by atoms with van der Waals surface area (Å²) < 4.78 is 21.7. The third kappa shape index (κ3) is 3.21. The van der Waals surface area contributed by atoms with Crippen molar-refractivity contribution in [3.05, 3.63) is 0 Å². The van der Waals surface area contributed by atoms with E-state index >= 15 is 0 Å². The Hall–Kier alpha value is -2.16. The van der Waals surface area contributed by atoms with Gasteiger partial charge in [-0.3, -0.25) is 19.2 Å². The molecular formula is C15H21NO8. The van der Waals surface area contributed by atoms with Gasteiger partial charge in [0.05, 0.1) is 6.54 Å². The third-order valence-electron chi connectivity index (χ3n) is 4.08. The predicted molar refractivity (Wildman–Crippen MR) is 77.3 cm³/mol. The molecule has 2 heterocycles. The molecule has 1 amide bonds. The first kappa shape index (κ1) is 18.2. The van der Waals surface area contributed by atoms with E-state index in [1.54, 1.807) is 6.92 Å². The summed E-state index contributed by atoms with van der Waals surface area (Å²) in [5.74, 6) is -2.18. The zero-order valence-electron chi connectivity index (χ0n) is 14.2. The van der Waals surface area contributed by atoms with Gasteiger partial charge in [-0.15, -0.1) is 0 Å². The molecule has 2 bridgehead atoms. The van der Waals surface area contributed by atoms with E-state index in [0.29, 0.717) is 0 Å². The van der Waals surface area contributed by atoms with E-state index in [9.17, 15) is 19.2 Å². The summed E-state index contributed by atoms with van der Waals surface area (Å²) in [5, 5.41) is 0. The molecule has 2 saturated heterocycles. The lowest BCUT2D eigenvalue weighted by Crippen LogP contribution is -2.65. The molecule has 0 aromatic heterocycles. The van der Waals surface area contributed by atoms with Gasteiger partial charge in [0.15, 0.2) is 24.0 Å². The van der Waals surface area contributed by atoms with Crippen LogP contribution in [0.5, 0.6) is 0 Å². The van der Waals surface area contributed by atoms with Crippen LogP contribution in [0.15, 0.2) is 0 Å². The van der Waals surface area contributed by atoms with Gasteiger partial charge in [-0.1, -0.05) is 0 Å². The van der Waals surface area contributed by atoms with E-state index in [1.165, 1.54) is 32.6 Å². The van der Waals surface area contributed by atoms with Crippen LogP contribution in [0.2, 0.25) is 0 Å². The molecule has 0 unspecified atom stereocenters. The van der Waals surface area contributed by atoms with Gasteiger partial charge in [0, 0.05) is 27.7 Å². The molecule has 0 spiro atoms. The Labute approximate surface area is 139 Å². The number of hydrogen-bond donors (Lipinski definition) is 0. The number of rotatable bonds is 3. The lowest BCUT2D eigenvalue weighted by Gasteiger charge is -2.46.